The lowest BCUT2D eigenvalue weighted by Crippen LogP contribution is -2.12. The molecule has 2 rings (SSSR count). The van der Waals surface area contributed by atoms with Crippen molar-refractivity contribution in [3.8, 4) is 12.1 Å². The molecule has 0 radical (unpaired) electrons. The fraction of sp³-hybridized carbons (Fsp3) is 0.105. The maximum Gasteiger partial charge on any atom is 0.224 e. The summed E-state index contributed by atoms with van der Waals surface area (Å²) in [5.41, 5.74) is 2.54. The molecule has 2 aromatic rings. The van der Waals surface area contributed by atoms with Gasteiger partial charge in [-0.05, 0) is 36.2 Å². The smallest absolute Gasteiger partial charge is 0.224 e. The van der Waals surface area contributed by atoms with Crippen LogP contribution in [0.4, 0.5) is 11.4 Å². The second-order valence-corrected chi connectivity index (χ2v) is 5.04. The molecule has 0 fully saturated rings. The molecule has 0 aromatic heterocycles. The maximum atomic E-state index is 12.0. The highest BCUT2D eigenvalue weighted by molar-refractivity contribution is 5.91. The van der Waals surface area contributed by atoms with Crippen LogP contribution >= 0.6 is 0 Å². The van der Waals surface area contributed by atoms with Crippen LogP contribution in [0.1, 0.15) is 12.0 Å². The minimum Gasteiger partial charge on any atom is -0.360 e. The van der Waals surface area contributed by atoms with Gasteiger partial charge in [-0.15, -0.1) is 0 Å². The molecule has 5 nitrogen and oxygen atoms in total. The molecule has 0 aliphatic heterocycles. The highest BCUT2D eigenvalue weighted by Gasteiger charge is 2.03. The Labute approximate surface area is 140 Å². The Morgan fingerprint density at radius 3 is 2.21 bits per heavy atom. The lowest BCUT2D eigenvalue weighted by atomic mass is 10.1. The van der Waals surface area contributed by atoms with E-state index in [1.165, 1.54) is 6.20 Å². The number of benzene rings is 2. The van der Waals surface area contributed by atoms with E-state index in [9.17, 15) is 4.79 Å². The molecule has 0 unspecified atom stereocenters. The van der Waals surface area contributed by atoms with Crippen LogP contribution in [-0.2, 0) is 11.2 Å². The fourth-order valence-corrected chi connectivity index (χ4v) is 2.02. The number of hydrogen-bond acceptors (Lipinski definition) is 4. The van der Waals surface area contributed by atoms with Crippen LogP contribution in [0, 0.1) is 22.7 Å². The first-order valence-corrected chi connectivity index (χ1v) is 7.42. The van der Waals surface area contributed by atoms with Gasteiger partial charge in [-0.3, -0.25) is 4.79 Å². The Bertz CT molecular complexity index is 780. The van der Waals surface area contributed by atoms with Crippen molar-refractivity contribution >= 4 is 17.3 Å². The molecule has 24 heavy (non-hydrogen) atoms. The topological polar surface area (TPSA) is 88.7 Å². The van der Waals surface area contributed by atoms with Gasteiger partial charge in [-0.1, -0.05) is 30.3 Å². The number of carbonyl (C=O) groups is 1. The second-order valence-electron chi connectivity index (χ2n) is 5.04. The molecule has 5 heteroatoms. The zero-order valence-electron chi connectivity index (χ0n) is 13.0. The first-order valence-electron chi connectivity index (χ1n) is 7.42. The molecular formula is C19H16N4O. The van der Waals surface area contributed by atoms with Crippen LogP contribution < -0.4 is 10.6 Å². The Hall–Kier alpha value is -3.57. The molecule has 0 heterocycles. The van der Waals surface area contributed by atoms with Crippen molar-refractivity contribution in [2.24, 2.45) is 0 Å². The quantitative estimate of drug-likeness (QED) is 0.797. The standard InChI is InChI=1S/C19H16N4O/c20-12-16(13-21)14-22-17-7-9-18(10-8-17)23-19(24)11-6-15-4-2-1-3-5-15/h1-5,7-10,14,22H,6,11H2,(H,23,24). The molecule has 0 aliphatic rings. The minimum absolute atomic E-state index is 0.00621. The van der Waals surface area contributed by atoms with Gasteiger partial charge < -0.3 is 10.6 Å². The Morgan fingerprint density at radius 1 is 0.958 bits per heavy atom. The first kappa shape index (κ1) is 16.8. The zero-order chi connectivity index (χ0) is 17.2. The number of nitrogens with one attached hydrogen (secondary N) is 2. The van der Waals surface area contributed by atoms with Crippen LogP contribution in [0.15, 0.2) is 66.4 Å². The molecule has 0 atom stereocenters. The zero-order valence-corrected chi connectivity index (χ0v) is 13.0. The summed E-state index contributed by atoms with van der Waals surface area (Å²) < 4.78 is 0. The van der Waals surface area contributed by atoms with Crippen molar-refractivity contribution in [3.05, 3.63) is 71.9 Å². The molecule has 1 amide bonds. The summed E-state index contributed by atoms with van der Waals surface area (Å²) in [4.78, 5) is 12.0. The third kappa shape index (κ3) is 5.32. The molecule has 0 bridgehead atoms. The highest BCUT2D eigenvalue weighted by atomic mass is 16.1. The van der Waals surface area contributed by atoms with E-state index in [2.05, 4.69) is 10.6 Å². The maximum absolute atomic E-state index is 12.0. The predicted octanol–water partition coefficient (Wildman–Crippen LogP) is 3.60. The molecule has 2 aromatic carbocycles. The van der Waals surface area contributed by atoms with Crippen LogP contribution in [0.3, 0.4) is 0 Å². The van der Waals surface area contributed by atoms with Gasteiger partial charge in [0, 0.05) is 24.0 Å². The number of aryl methyl sites for hydroxylation is 1. The van der Waals surface area contributed by atoms with Gasteiger partial charge in [0.05, 0.1) is 0 Å². The van der Waals surface area contributed by atoms with E-state index in [0.29, 0.717) is 18.5 Å². The highest BCUT2D eigenvalue weighted by Crippen LogP contribution is 2.14. The van der Waals surface area contributed by atoms with E-state index >= 15 is 0 Å². The number of nitrogens with zero attached hydrogens (tertiary/aromatic N) is 2. The van der Waals surface area contributed by atoms with Gasteiger partial charge >= 0.3 is 0 Å². The lowest BCUT2D eigenvalue weighted by Gasteiger charge is -2.07. The second kappa shape index (κ2) is 8.77. The number of allylic oxidation sites excluding steroid dienone is 1. The van der Waals surface area contributed by atoms with Gasteiger partial charge in [0.15, 0.2) is 0 Å². The summed E-state index contributed by atoms with van der Waals surface area (Å²) >= 11 is 0. The predicted molar refractivity (Wildman–Crippen MR) is 92.8 cm³/mol. The van der Waals surface area contributed by atoms with Crippen molar-refractivity contribution in [3.63, 3.8) is 0 Å². The van der Waals surface area contributed by atoms with Crippen LogP contribution in [0.2, 0.25) is 0 Å². The number of hydrogen-bond donors (Lipinski definition) is 2. The van der Waals surface area contributed by atoms with Gasteiger partial charge in [-0.25, -0.2) is 0 Å². The van der Waals surface area contributed by atoms with Crippen LogP contribution in [0.25, 0.3) is 0 Å². The van der Waals surface area contributed by atoms with Crippen molar-refractivity contribution in [2.45, 2.75) is 12.8 Å². The lowest BCUT2D eigenvalue weighted by molar-refractivity contribution is -0.116. The van der Waals surface area contributed by atoms with Gasteiger partial charge in [0.2, 0.25) is 5.91 Å². The third-order valence-corrected chi connectivity index (χ3v) is 3.28. The van der Waals surface area contributed by atoms with Crippen molar-refractivity contribution in [1.82, 2.24) is 0 Å². The number of nitriles is 2. The molecule has 0 spiro atoms. The molecule has 2 N–H and O–H groups in total. The number of anilines is 2. The molecule has 118 valence electrons. The fourth-order valence-electron chi connectivity index (χ4n) is 2.02. The number of rotatable bonds is 6. The molecule has 0 saturated heterocycles. The normalized spacial score (nSPS) is 9.25. The van der Waals surface area contributed by atoms with Crippen LogP contribution in [0.5, 0.6) is 0 Å². The largest absolute Gasteiger partial charge is 0.360 e. The SMILES string of the molecule is N#CC(C#N)=CNc1ccc(NC(=O)CCc2ccccc2)cc1. The first-order chi connectivity index (χ1) is 11.7. The molecule has 0 aliphatic carbocycles. The summed E-state index contributed by atoms with van der Waals surface area (Å²) in [6, 6.07) is 20.4. The number of amides is 1. The van der Waals surface area contributed by atoms with E-state index in [1.807, 2.05) is 30.3 Å². The Kier molecular flexibility index (Phi) is 6.14. The van der Waals surface area contributed by atoms with E-state index in [4.69, 9.17) is 10.5 Å². The van der Waals surface area contributed by atoms with E-state index in [1.54, 1.807) is 36.4 Å². The van der Waals surface area contributed by atoms with Crippen molar-refractivity contribution in [2.75, 3.05) is 10.6 Å². The number of carbonyl (C=O) groups excluding carboxylic acids is 1. The van der Waals surface area contributed by atoms with Gasteiger partial charge in [-0.2, -0.15) is 10.5 Å². The van der Waals surface area contributed by atoms with E-state index in [-0.39, 0.29) is 11.5 Å². The minimum atomic E-state index is -0.0456. The average molecular weight is 316 g/mol. The summed E-state index contributed by atoms with van der Waals surface area (Å²) in [5.74, 6) is -0.0456. The Morgan fingerprint density at radius 2 is 1.58 bits per heavy atom. The van der Waals surface area contributed by atoms with E-state index < -0.39 is 0 Å². The van der Waals surface area contributed by atoms with E-state index in [0.717, 1.165) is 11.3 Å². The van der Waals surface area contributed by atoms with Gasteiger partial charge in [0.1, 0.15) is 17.7 Å². The summed E-state index contributed by atoms with van der Waals surface area (Å²) in [6.45, 7) is 0. The summed E-state index contributed by atoms with van der Waals surface area (Å²) in [5, 5.41) is 23.0. The average Bonchev–Trinajstić information content (AvgIpc) is 2.63. The van der Waals surface area contributed by atoms with Crippen molar-refractivity contribution in [1.29, 1.82) is 10.5 Å². The Balaban J connectivity index is 1.85. The molecular weight excluding hydrogens is 300 g/mol. The summed E-state index contributed by atoms with van der Waals surface area (Å²) in [7, 11) is 0. The monoisotopic (exact) mass is 316 g/mol. The third-order valence-electron chi connectivity index (χ3n) is 3.28. The van der Waals surface area contributed by atoms with Gasteiger partial charge in [0.25, 0.3) is 0 Å². The van der Waals surface area contributed by atoms with Crippen LogP contribution in [-0.4, -0.2) is 5.91 Å². The molecule has 0 saturated carbocycles. The summed E-state index contributed by atoms with van der Waals surface area (Å²) in [6.07, 6.45) is 2.45. The van der Waals surface area contributed by atoms with Crippen molar-refractivity contribution < 1.29 is 4.79 Å².